The topological polar surface area (TPSA) is 124 Å². The van der Waals surface area contributed by atoms with E-state index in [0.29, 0.717) is 18.5 Å². The fourth-order valence-corrected chi connectivity index (χ4v) is 4.01. The number of alkyl halides is 8. The molecule has 220 valence electrons. The Morgan fingerprint density at radius 2 is 1.32 bits per heavy atom. The zero-order chi connectivity index (χ0) is 30.4. The van der Waals surface area contributed by atoms with E-state index in [4.69, 9.17) is 19.8 Å². The van der Waals surface area contributed by atoms with Gasteiger partial charge in [-0.3, -0.25) is 14.8 Å². The summed E-state index contributed by atoms with van der Waals surface area (Å²) in [7, 11) is 0. The Kier molecular flexibility index (Phi) is 9.99. The average Bonchev–Trinajstić information content (AvgIpc) is 3.32. The third-order valence-electron chi connectivity index (χ3n) is 6.01. The summed E-state index contributed by atoms with van der Waals surface area (Å²) in [6, 6.07) is 7.04. The van der Waals surface area contributed by atoms with Crippen LogP contribution in [0.5, 0.6) is 0 Å². The number of aliphatic carboxylic acids is 2. The third kappa shape index (κ3) is 8.22. The van der Waals surface area contributed by atoms with Gasteiger partial charge in [-0.05, 0) is 30.7 Å². The van der Waals surface area contributed by atoms with Gasteiger partial charge in [0.1, 0.15) is 0 Å². The molecule has 0 aromatic carbocycles. The number of anilines is 1. The van der Waals surface area contributed by atoms with Crippen molar-refractivity contribution in [2.24, 2.45) is 5.41 Å². The molecule has 0 saturated carbocycles. The molecule has 9 nitrogen and oxygen atoms in total. The molecule has 2 aliphatic heterocycles. The first kappa shape index (κ1) is 32.2. The minimum absolute atomic E-state index is 0.0600. The highest BCUT2D eigenvalue weighted by Gasteiger charge is 2.60. The number of hydrogen-bond donors (Lipinski definition) is 2. The van der Waals surface area contributed by atoms with E-state index in [2.05, 4.69) is 9.97 Å². The number of amides is 1. The number of likely N-dealkylation sites (tertiary alicyclic amines) is 1. The minimum Gasteiger partial charge on any atom is -0.475 e. The fraction of sp³-hybridized carbons (Fsp3) is 0.435. The molecule has 40 heavy (non-hydrogen) atoms. The van der Waals surface area contributed by atoms with E-state index >= 15 is 0 Å². The Balaban J connectivity index is 0.000000333. The maximum Gasteiger partial charge on any atom is 0.490 e. The van der Waals surface area contributed by atoms with Crippen molar-refractivity contribution in [2.45, 2.75) is 31.1 Å². The molecule has 17 heteroatoms. The van der Waals surface area contributed by atoms with E-state index in [-0.39, 0.29) is 32.0 Å². The van der Waals surface area contributed by atoms with Gasteiger partial charge < -0.3 is 20.0 Å². The van der Waals surface area contributed by atoms with Crippen molar-refractivity contribution in [3.8, 4) is 0 Å². The van der Waals surface area contributed by atoms with E-state index in [1.165, 1.54) is 6.20 Å². The summed E-state index contributed by atoms with van der Waals surface area (Å²) in [5.41, 5.74) is 0.0600. The number of hydrogen-bond acceptors (Lipinski definition) is 6. The predicted molar refractivity (Wildman–Crippen MR) is 121 cm³/mol. The number of pyridine rings is 2. The van der Waals surface area contributed by atoms with Crippen molar-refractivity contribution in [3.63, 3.8) is 0 Å². The Hall–Kier alpha value is -4.05. The molecule has 2 N–H and O–H groups in total. The van der Waals surface area contributed by atoms with Crippen LogP contribution < -0.4 is 4.90 Å². The van der Waals surface area contributed by atoms with Crippen molar-refractivity contribution in [2.75, 3.05) is 31.1 Å². The highest BCUT2D eigenvalue weighted by atomic mass is 19.4. The van der Waals surface area contributed by atoms with Gasteiger partial charge in [-0.1, -0.05) is 0 Å². The average molecular weight is 586 g/mol. The van der Waals surface area contributed by atoms with Crippen LogP contribution in [0, 0.1) is 5.41 Å². The van der Waals surface area contributed by atoms with Crippen LogP contribution in [-0.2, 0) is 9.59 Å². The highest BCUT2D eigenvalue weighted by molar-refractivity contribution is 5.94. The van der Waals surface area contributed by atoms with Crippen LogP contribution in [0.1, 0.15) is 23.2 Å². The van der Waals surface area contributed by atoms with Gasteiger partial charge in [0.15, 0.2) is 0 Å². The number of carboxylic acid groups (broad SMARTS) is 2. The largest absolute Gasteiger partial charge is 0.490 e. The van der Waals surface area contributed by atoms with Gasteiger partial charge in [0.2, 0.25) is 0 Å². The normalized spacial score (nSPS) is 20.1. The molecule has 1 amide bonds. The number of aromatic nitrogens is 2. The van der Waals surface area contributed by atoms with Crippen molar-refractivity contribution < 1.29 is 59.7 Å². The monoisotopic (exact) mass is 586 g/mol. The van der Waals surface area contributed by atoms with Crippen LogP contribution in [0.3, 0.4) is 0 Å². The van der Waals surface area contributed by atoms with Crippen LogP contribution in [0.4, 0.5) is 40.8 Å². The Morgan fingerprint density at radius 1 is 0.800 bits per heavy atom. The van der Waals surface area contributed by atoms with E-state index in [1.807, 2.05) is 11.0 Å². The molecule has 4 heterocycles. The van der Waals surface area contributed by atoms with Crippen molar-refractivity contribution >= 4 is 23.5 Å². The zero-order valence-electron chi connectivity index (χ0n) is 20.3. The molecule has 2 aliphatic rings. The standard InChI is InChI=1S/C19H20F2N4O.2C2HF3O2/c20-19(21)6-10-25(17(26)15-3-1-7-22-11-15)14-18(19)5-9-24(13-18)16-4-2-8-23-12-16;2*3-2(4,5)1(6)7/h1-4,7-8,11-12H,5-6,9-10,13-14H2;2*(H,6,7). The molecular weight excluding hydrogens is 564 g/mol. The van der Waals surface area contributed by atoms with Gasteiger partial charge in [-0.15, -0.1) is 0 Å². The Morgan fingerprint density at radius 3 is 1.77 bits per heavy atom. The van der Waals surface area contributed by atoms with Crippen molar-refractivity contribution in [1.29, 1.82) is 0 Å². The van der Waals surface area contributed by atoms with Crippen molar-refractivity contribution in [3.05, 3.63) is 54.6 Å². The maximum atomic E-state index is 14.9. The molecule has 0 bridgehead atoms. The molecule has 2 aromatic heterocycles. The van der Waals surface area contributed by atoms with Gasteiger partial charge in [0.05, 0.1) is 22.9 Å². The number of rotatable bonds is 2. The van der Waals surface area contributed by atoms with Gasteiger partial charge in [-0.25, -0.2) is 18.4 Å². The molecule has 2 aromatic rings. The van der Waals surface area contributed by atoms with Gasteiger partial charge >= 0.3 is 24.3 Å². The van der Waals surface area contributed by atoms with Gasteiger partial charge in [0, 0.05) is 51.2 Å². The summed E-state index contributed by atoms with van der Waals surface area (Å²) in [5, 5.41) is 14.2. The van der Waals surface area contributed by atoms with Crippen LogP contribution in [0.25, 0.3) is 0 Å². The lowest BCUT2D eigenvalue weighted by Gasteiger charge is -2.46. The second-order valence-electron chi connectivity index (χ2n) is 8.69. The number of piperidine rings is 1. The summed E-state index contributed by atoms with van der Waals surface area (Å²) in [6.07, 6.45) is -3.69. The first-order valence-electron chi connectivity index (χ1n) is 11.2. The molecule has 2 fully saturated rings. The molecule has 2 saturated heterocycles. The highest BCUT2D eigenvalue weighted by Crippen LogP contribution is 2.50. The minimum atomic E-state index is -5.08. The van der Waals surface area contributed by atoms with Gasteiger partial charge in [-0.2, -0.15) is 26.3 Å². The molecular formula is C23H22F8N4O5. The quantitative estimate of drug-likeness (QED) is 0.504. The number of carbonyl (C=O) groups excluding carboxylic acids is 1. The first-order valence-corrected chi connectivity index (χ1v) is 11.2. The molecule has 0 radical (unpaired) electrons. The van der Waals surface area contributed by atoms with E-state index < -0.39 is 35.6 Å². The summed E-state index contributed by atoms with van der Waals surface area (Å²) in [4.78, 5) is 42.1. The molecule has 1 unspecified atom stereocenters. The van der Waals surface area contributed by atoms with Crippen LogP contribution in [0.2, 0.25) is 0 Å². The Labute approximate surface area is 221 Å². The lowest BCUT2D eigenvalue weighted by atomic mass is 9.75. The summed E-state index contributed by atoms with van der Waals surface area (Å²) in [5.74, 6) is -8.54. The second-order valence-corrected chi connectivity index (χ2v) is 8.69. The van der Waals surface area contributed by atoms with E-state index in [0.717, 1.165) is 5.69 Å². The van der Waals surface area contributed by atoms with E-state index in [9.17, 15) is 39.9 Å². The predicted octanol–water partition coefficient (Wildman–Crippen LogP) is 4.12. The smallest absolute Gasteiger partial charge is 0.475 e. The summed E-state index contributed by atoms with van der Waals surface area (Å²) in [6.45, 7) is 0.887. The summed E-state index contributed by atoms with van der Waals surface area (Å²) >= 11 is 0. The second kappa shape index (κ2) is 12.4. The lowest BCUT2D eigenvalue weighted by molar-refractivity contribution is -0.193. The number of halogens is 8. The first-order chi connectivity index (χ1) is 18.4. The molecule has 4 rings (SSSR count). The fourth-order valence-electron chi connectivity index (χ4n) is 4.01. The van der Waals surface area contributed by atoms with Crippen LogP contribution >= 0.6 is 0 Å². The van der Waals surface area contributed by atoms with E-state index in [1.54, 1.807) is 41.7 Å². The number of carbonyl (C=O) groups is 3. The van der Waals surface area contributed by atoms with Crippen molar-refractivity contribution in [1.82, 2.24) is 14.9 Å². The number of nitrogens with zero attached hydrogens (tertiary/aromatic N) is 4. The summed E-state index contributed by atoms with van der Waals surface area (Å²) < 4.78 is 93.3. The maximum absolute atomic E-state index is 14.9. The SMILES string of the molecule is O=C(O)C(F)(F)F.O=C(O)C(F)(F)F.O=C(c1cccnc1)N1CCC(F)(F)C2(CCN(c3cccnc3)C2)C1. The third-order valence-corrected chi connectivity index (χ3v) is 6.01. The van der Waals surface area contributed by atoms with Gasteiger partial charge in [0.25, 0.3) is 11.8 Å². The molecule has 1 spiro atoms. The van der Waals surface area contributed by atoms with Crippen LogP contribution in [0.15, 0.2) is 49.1 Å². The number of carboxylic acids is 2. The molecule has 0 aliphatic carbocycles. The Bertz CT molecular complexity index is 1140. The molecule has 1 atom stereocenters. The van der Waals surface area contributed by atoms with Crippen LogP contribution in [-0.4, -0.2) is 87.4 Å². The lowest BCUT2D eigenvalue weighted by Crippen LogP contribution is -2.58. The zero-order valence-corrected chi connectivity index (χ0v) is 20.3.